The first-order valence-corrected chi connectivity index (χ1v) is 7.56. The van der Waals surface area contributed by atoms with Gasteiger partial charge < -0.3 is 10.4 Å². The molecule has 1 fully saturated rings. The van der Waals surface area contributed by atoms with Crippen LogP contribution in [-0.4, -0.2) is 29.1 Å². The van der Waals surface area contributed by atoms with Gasteiger partial charge in [0.15, 0.2) is 0 Å². The molecule has 0 aliphatic heterocycles. The van der Waals surface area contributed by atoms with Gasteiger partial charge in [-0.3, -0.25) is 4.79 Å². The molecule has 1 aliphatic carbocycles. The lowest BCUT2D eigenvalue weighted by atomic mass is 9.97. The fourth-order valence-electron chi connectivity index (χ4n) is 2.53. The number of rotatable bonds is 5. The Bertz CT molecular complexity index is 456. The molecule has 0 radical (unpaired) electrons. The molecule has 0 saturated heterocycles. The predicted molar refractivity (Wildman–Crippen MR) is 76.8 cm³/mol. The molecule has 2 unspecified atom stereocenters. The smallest absolute Gasteiger partial charge is 0.244 e. The van der Waals surface area contributed by atoms with E-state index in [4.69, 9.17) is 0 Å². The Morgan fingerprint density at radius 2 is 2.37 bits per heavy atom. The van der Waals surface area contributed by atoms with E-state index in [1.54, 1.807) is 17.4 Å². The van der Waals surface area contributed by atoms with E-state index >= 15 is 0 Å². The van der Waals surface area contributed by atoms with E-state index < -0.39 is 0 Å². The molecule has 1 saturated carbocycles. The van der Waals surface area contributed by atoms with Crippen LogP contribution in [0.3, 0.4) is 0 Å². The number of carbonyl (C=O) groups excluding carboxylic acids is 1. The number of thiazole rings is 1. The number of aliphatic hydroxyl groups excluding tert-OH is 1. The van der Waals surface area contributed by atoms with Gasteiger partial charge in [-0.25, -0.2) is 4.98 Å². The highest BCUT2D eigenvalue weighted by Crippen LogP contribution is 2.30. The highest BCUT2D eigenvalue weighted by molar-refractivity contribution is 7.09. The van der Waals surface area contributed by atoms with Crippen molar-refractivity contribution in [2.75, 3.05) is 13.2 Å². The number of aromatic nitrogens is 1. The molecule has 0 spiro atoms. The average Bonchev–Trinajstić information content (AvgIpc) is 3.02. The van der Waals surface area contributed by atoms with Gasteiger partial charge in [0.2, 0.25) is 5.91 Å². The van der Waals surface area contributed by atoms with E-state index in [9.17, 15) is 9.90 Å². The third-order valence-corrected chi connectivity index (χ3v) is 4.42. The maximum atomic E-state index is 11.7. The van der Waals surface area contributed by atoms with Crippen LogP contribution in [-0.2, 0) is 4.79 Å². The average molecular weight is 280 g/mol. The Kier molecular flexibility index (Phi) is 5.10. The zero-order valence-corrected chi connectivity index (χ0v) is 11.9. The number of amides is 1. The Morgan fingerprint density at radius 1 is 1.58 bits per heavy atom. The van der Waals surface area contributed by atoms with Crippen LogP contribution in [0.1, 0.15) is 30.0 Å². The normalized spacial score (nSPS) is 23.1. The topological polar surface area (TPSA) is 62.2 Å². The second-order valence-corrected chi connectivity index (χ2v) is 6.07. The summed E-state index contributed by atoms with van der Waals surface area (Å²) < 4.78 is 0. The summed E-state index contributed by atoms with van der Waals surface area (Å²) in [7, 11) is 0. The lowest BCUT2D eigenvalue weighted by Gasteiger charge is -2.17. The van der Waals surface area contributed by atoms with Crippen LogP contribution in [0, 0.1) is 18.8 Å². The number of nitrogens with one attached hydrogen (secondary N) is 1. The molecule has 1 heterocycles. The van der Waals surface area contributed by atoms with Crippen LogP contribution in [0.2, 0.25) is 0 Å². The van der Waals surface area contributed by atoms with Crippen molar-refractivity contribution in [1.29, 1.82) is 0 Å². The van der Waals surface area contributed by atoms with Gasteiger partial charge in [0.1, 0.15) is 0 Å². The summed E-state index contributed by atoms with van der Waals surface area (Å²) in [5.41, 5.74) is 0.826. The third kappa shape index (κ3) is 4.14. The molecular formula is C14H20N2O2S. The molecule has 2 N–H and O–H groups in total. The zero-order valence-electron chi connectivity index (χ0n) is 11.1. The standard InChI is InChI=1S/C14H20N2O2S/c1-10-16-13(9-19-10)5-6-14(18)15-7-11-3-2-4-12(11)8-17/h5-6,9,11-12,17H,2-4,7-8H2,1H3,(H,15,18). The molecule has 2 rings (SSSR count). The van der Waals surface area contributed by atoms with E-state index in [1.165, 1.54) is 6.08 Å². The molecule has 5 heteroatoms. The van der Waals surface area contributed by atoms with Crippen LogP contribution < -0.4 is 5.32 Å². The quantitative estimate of drug-likeness (QED) is 0.811. The summed E-state index contributed by atoms with van der Waals surface area (Å²) >= 11 is 1.57. The summed E-state index contributed by atoms with van der Waals surface area (Å²) in [6.45, 7) is 2.83. The van der Waals surface area contributed by atoms with Crippen LogP contribution in [0.15, 0.2) is 11.5 Å². The largest absolute Gasteiger partial charge is 0.396 e. The highest BCUT2D eigenvalue weighted by atomic mass is 32.1. The first-order chi connectivity index (χ1) is 9.19. The minimum absolute atomic E-state index is 0.0887. The van der Waals surface area contributed by atoms with Gasteiger partial charge in [-0.05, 0) is 37.7 Å². The summed E-state index contributed by atoms with van der Waals surface area (Å²) in [6, 6.07) is 0. The van der Waals surface area contributed by atoms with Crippen molar-refractivity contribution in [3.05, 3.63) is 22.2 Å². The zero-order chi connectivity index (χ0) is 13.7. The molecule has 0 aromatic carbocycles. The van der Waals surface area contributed by atoms with Gasteiger partial charge in [-0.1, -0.05) is 6.42 Å². The Hall–Kier alpha value is -1.20. The summed E-state index contributed by atoms with van der Waals surface area (Å²) in [4.78, 5) is 16.0. The number of nitrogens with zero attached hydrogens (tertiary/aromatic N) is 1. The molecule has 1 aromatic rings. The molecular weight excluding hydrogens is 260 g/mol. The van der Waals surface area contributed by atoms with E-state index in [1.807, 2.05) is 12.3 Å². The van der Waals surface area contributed by atoms with Crippen LogP contribution in [0.5, 0.6) is 0 Å². The molecule has 1 aliphatic rings. The third-order valence-electron chi connectivity index (χ3n) is 3.63. The van der Waals surface area contributed by atoms with Gasteiger partial charge in [-0.2, -0.15) is 0 Å². The molecule has 1 aromatic heterocycles. The van der Waals surface area contributed by atoms with Crippen molar-refractivity contribution < 1.29 is 9.90 Å². The number of hydrogen-bond acceptors (Lipinski definition) is 4. The second-order valence-electron chi connectivity index (χ2n) is 5.00. The van der Waals surface area contributed by atoms with Crippen molar-refractivity contribution in [1.82, 2.24) is 10.3 Å². The van der Waals surface area contributed by atoms with Gasteiger partial charge in [0, 0.05) is 24.6 Å². The lowest BCUT2D eigenvalue weighted by Crippen LogP contribution is -2.30. The SMILES string of the molecule is Cc1nc(C=CC(=O)NCC2CCCC2CO)cs1. The van der Waals surface area contributed by atoms with Crippen molar-refractivity contribution in [2.45, 2.75) is 26.2 Å². The Morgan fingerprint density at radius 3 is 3.05 bits per heavy atom. The Balaban J connectivity index is 1.77. The number of aliphatic hydroxyl groups is 1. The van der Waals surface area contributed by atoms with Gasteiger partial charge in [0.05, 0.1) is 10.7 Å². The number of carbonyl (C=O) groups is 1. The van der Waals surface area contributed by atoms with Crippen molar-refractivity contribution in [3.63, 3.8) is 0 Å². The van der Waals surface area contributed by atoms with E-state index in [-0.39, 0.29) is 12.5 Å². The second kappa shape index (κ2) is 6.82. The maximum absolute atomic E-state index is 11.7. The lowest BCUT2D eigenvalue weighted by molar-refractivity contribution is -0.116. The molecule has 0 bridgehead atoms. The maximum Gasteiger partial charge on any atom is 0.244 e. The molecule has 104 valence electrons. The molecule has 2 atom stereocenters. The van der Waals surface area contributed by atoms with E-state index in [0.29, 0.717) is 18.4 Å². The summed E-state index contributed by atoms with van der Waals surface area (Å²) in [5, 5.41) is 15.1. The fourth-order valence-corrected chi connectivity index (χ4v) is 3.11. The fraction of sp³-hybridized carbons (Fsp3) is 0.571. The predicted octanol–water partition coefficient (Wildman–Crippen LogP) is 1.99. The number of aryl methyl sites for hydroxylation is 1. The Labute approximate surface area is 117 Å². The van der Waals surface area contributed by atoms with Gasteiger partial charge in [-0.15, -0.1) is 11.3 Å². The van der Waals surface area contributed by atoms with E-state index in [0.717, 1.165) is 30.0 Å². The highest BCUT2D eigenvalue weighted by Gasteiger charge is 2.26. The van der Waals surface area contributed by atoms with Crippen LogP contribution >= 0.6 is 11.3 Å². The first kappa shape index (κ1) is 14.2. The van der Waals surface area contributed by atoms with Gasteiger partial charge >= 0.3 is 0 Å². The summed E-state index contributed by atoms with van der Waals surface area (Å²) in [5.74, 6) is 0.684. The van der Waals surface area contributed by atoms with Crippen molar-refractivity contribution >= 4 is 23.3 Å². The van der Waals surface area contributed by atoms with Crippen molar-refractivity contribution in [2.24, 2.45) is 11.8 Å². The van der Waals surface area contributed by atoms with Crippen LogP contribution in [0.25, 0.3) is 6.08 Å². The number of hydrogen-bond donors (Lipinski definition) is 2. The van der Waals surface area contributed by atoms with E-state index in [2.05, 4.69) is 10.3 Å². The molecule has 19 heavy (non-hydrogen) atoms. The minimum Gasteiger partial charge on any atom is -0.396 e. The monoisotopic (exact) mass is 280 g/mol. The van der Waals surface area contributed by atoms with Crippen molar-refractivity contribution in [3.8, 4) is 0 Å². The van der Waals surface area contributed by atoms with Gasteiger partial charge in [0.25, 0.3) is 0 Å². The molecule has 1 amide bonds. The minimum atomic E-state index is -0.0887. The summed E-state index contributed by atoms with van der Waals surface area (Å²) in [6.07, 6.45) is 6.58. The van der Waals surface area contributed by atoms with Crippen LogP contribution in [0.4, 0.5) is 0 Å². The molecule has 4 nitrogen and oxygen atoms in total. The first-order valence-electron chi connectivity index (χ1n) is 6.68.